The molecular formula is C14H15Br2N3O. The molecule has 1 fully saturated rings. The molecule has 0 atom stereocenters. The lowest BCUT2D eigenvalue weighted by molar-refractivity contribution is 0.231. The summed E-state index contributed by atoms with van der Waals surface area (Å²) < 4.78 is 1.59. The maximum Gasteiger partial charge on any atom is 0.156 e. The van der Waals surface area contributed by atoms with E-state index in [0.717, 1.165) is 48.3 Å². The van der Waals surface area contributed by atoms with Crippen LogP contribution < -0.4 is 5.32 Å². The highest BCUT2D eigenvalue weighted by molar-refractivity contribution is 9.11. The molecule has 0 amide bonds. The average molecular weight is 401 g/mol. The molecule has 3 rings (SSSR count). The topological polar surface area (TPSA) is 48.4 Å². The maximum absolute atomic E-state index is 10.2. The number of pyridine rings is 1. The molecule has 2 aromatic rings. The third-order valence-electron chi connectivity index (χ3n) is 3.51. The molecule has 0 saturated carbocycles. The fourth-order valence-corrected chi connectivity index (χ4v) is 3.70. The van der Waals surface area contributed by atoms with Gasteiger partial charge in [0.15, 0.2) is 5.75 Å². The number of phenolic OH excluding ortho intramolecular Hbond substituents is 1. The van der Waals surface area contributed by atoms with Gasteiger partial charge in [-0.2, -0.15) is 0 Å². The van der Waals surface area contributed by atoms with Crippen molar-refractivity contribution >= 4 is 42.8 Å². The number of nitrogens with one attached hydrogen (secondary N) is 1. The van der Waals surface area contributed by atoms with E-state index in [9.17, 15) is 5.11 Å². The SMILES string of the molecule is Oc1c(Br)cc(Br)c2ccc(CN3CCNCC3)nc12. The minimum Gasteiger partial charge on any atom is -0.505 e. The number of aromatic hydroxyl groups is 1. The van der Waals surface area contributed by atoms with Gasteiger partial charge >= 0.3 is 0 Å². The van der Waals surface area contributed by atoms with E-state index < -0.39 is 0 Å². The molecule has 2 N–H and O–H groups in total. The van der Waals surface area contributed by atoms with Gasteiger partial charge in [-0.1, -0.05) is 15.9 Å². The zero-order valence-corrected chi connectivity index (χ0v) is 14.0. The first-order valence-corrected chi connectivity index (χ1v) is 8.13. The lowest BCUT2D eigenvalue weighted by Gasteiger charge is -2.26. The number of aromatic nitrogens is 1. The van der Waals surface area contributed by atoms with Gasteiger partial charge in [-0.05, 0) is 34.1 Å². The normalized spacial score (nSPS) is 16.7. The highest BCUT2D eigenvalue weighted by Crippen LogP contribution is 2.36. The van der Waals surface area contributed by atoms with E-state index in [2.05, 4.69) is 47.1 Å². The number of piperazine rings is 1. The molecule has 20 heavy (non-hydrogen) atoms. The van der Waals surface area contributed by atoms with E-state index in [0.29, 0.717) is 9.99 Å². The Labute approximate surface area is 134 Å². The Kier molecular flexibility index (Phi) is 4.26. The van der Waals surface area contributed by atoms with Crippen molar-refractivity contribution in [3.63, 3.8) is 0 Å². The standard InChI is InChI=1S/C14H15Br2N3O/c15-11-7-12(16)14(20)13-10(11)2-1-9(18-13)8-19-5-3-17-4-6-19/h1-2,7,17,20H,3-6,8H2. The van der Waals surface area contributed by atoms with Gasteiger partial charge in [-0.3, -0.25) is 4.90 Å². The fourth-order valence-electron chi connectivity index (χ4n) is 2.43. The smallest absolute Gasteiger partial charge is 0.156 e. The molecule has 106 valence electrons. The second-order valence-electron chi connectivity index (χ2n) is 4.91. The number of rotatable bonds is 2. The summed E-state index contributed by atoms with van der Waals surface area (Å²) >= 11 is 6.86. The molecular weight excluding hydrogens is 386 g/mol. The minimum absolute atomic E-state index is 0.199. The molecule has 1 aliphatic rings. The van der Waals surface area contributed by atoms with Crippen LogP contribution >= 0.6 is 31.9 Å². The van der Waals surface area contributed by atoms with Crippen molar-refractivity contribution in [2.75, 3.05) is 26.2 Å². The molecule has 0 bridgehead atoms. The predicted octanol–water partition coefficient (Wildman–Crippen LogP) is 2.87. The number of phenols is 1. The van der Waals surface area contributed by atoms with E-state index in [-0.39, 0.29) is 5.75 Å². The number of benzene rings is 1. The lowest BCUT2D eigenvalue weighted by Crippen LogP contribution is -2.43. The van der Waals surface area contributed by atoms with Crippen LogP contribution in [-0.2, 0) is 6.54 Å². The van der Waals surface area contributed by atoms with Crippen LogP contribution in [0.4, 0.5) is 0 Å². The number of nitrogens with zero attached hydrogens (tertiary/aromatic N) is 2. The van der Waals surface area contributed by atoms with Crippen molar-refractivity contribution in [3.8, 4) is 5.75 Å². The Bertz CT molecular complexity index is 642. The minimum atomic E-state index is 0.199. The maximum atomic E-state index is 10.2. The molecule has 1 aromatic heterocycles. The van der Waals surface area contributed by atoms with E-state index in [1.165, 1.54) is 0 Å². The van der Waals surface area contributed by atoms with Crippen LogP contribution in [-0.4, -0.2) is 41.2 Å². The summed E-state index contributed by atoms with van der Waals surface area (Å²) in [5, 5.41) is 14.4. The molecule has 6 heteroatoms. The van der Waals surface area contributed by atoms with Crippen molar-refractivity contribution in [1.82, 2.24) is 15.2 Å². The second-order valence-corrected chi connectivity index (χ2v) is 6.62. The van der Waals surface area contributed by atoms with Crippen LogP contribution in [0.1, 0.15) is 5.69 Å². The molecule has 4 nitrogen and oxygen atoms in total. The van der Waals surface area contributed by atoms with E-state index >= 15 is 0 Å². The van der Waals surface area contributed by atoms with Crippen molar-refractivity contribution in [2.45, 2.75) is 6.54 Å². The Morgan fingerprint density at radius 2 is 1.95 bits per heavy atom. The van der Waals surface area contributed by atoms with Gasteiger partial charge in [0, 0.05) is 42.6 Å². The molecule has 1 aliphatic heterocycles. The van der Waals surface area contributed by atoms with Crippen LogP contribution in [0.15, 0.2) is 27.1 Å². The van der Waals surface area contributed by atoms with Gasteiger partial charge in [-0.25, -0.2) is 4.98 Å². The summed E-state index contributed by atoms with van der Waals surface area (Å²) in [4.78, 5) is 6.99. The summed E-state index contributed by atoms with van der Waals surface area (Å²) in [6, 6.07) is 5.88. The van der Waals surface area contributed by atoms with E-state index in [1.807, 2.05) is 18.2 Å². The van der Waals surface area contributed by atoms with Crippen LogP contribution in [0.3, 0.4) is 0 Å². The molecule has 0 aliphatic carbocycles. The van der Waals surface area contributed by atoms with Gasteiger partial charge in [0.05, 0.1) is 10.2 Å². The fraction of sp³-hybridized carbons (Fsp3) is 0.357. The number of halogens is 2. The second kappa shape index (κ2) is 5.97. The quantitative estimate of drug-likeness (QED) is 0.813. The first-order chi connectivity index (χ1) is 9.65. The van der Waals surface area contributed by atoms with Crippen molar-refractivity contribution in [2.24, 2.45) is 0 Å². The third-order valence-corrected chi connectivity index (χ3v) is 4.77. The zero-order chi connectivity index (χ0) is 14.1. The van der Waals surface area contributed by atoms with Crippen LogP contribution in [0.25, 0.3) is 10.9 Å². The van der Waals surface area contributed by atoms with Gasteiger partial charge < -0.3 is 10.4 Å². The van der Waals surface area contributed by atoms with Crippen molar-refractivity contribution in [3.05, 3.63) is 32.8 Å². The highest BCUT2D eigenvalue weighted by Gasteiger charge is 2.14. The van der Waals surface area contributed by atoms with Crippen LogP contribution in [0.2, 0.25) is 0 Å². The predicted molar refractivity (Wildman–Crippen MR) is 87.0 cm³/mol. The molecule has 0 radical (unpaired) electrons. The first kappa shape index (κ1) is 14.3. The first-order valence-electron chi connectivity index (χ1n) is 6.55. The lowest BCUT2D eigenvalue weighted by atomic mass is 10.2. The zero-order valence-electron chi connectivity index (χ0n) is 10.9. The van der Waals surface area contributed by atoms with Gasteiger partial charge in [0.2, 0.25) is 0 Å². The van der Waals surface area contributed by atoms with E-state index in [4.69, 9.17) is 0 Å². The summed E-state index contributed by atoms with van der Waals surface area (Å²) in [7, 11) is 0. The summed E-state index contributed by atoms with van der Waals surface area (Å²) in [5.41, 5.74) is 1.62. The van der Waals surface area contributed by atoms with Gasteiger partial charge in [0.1, 0.15) is 5.52 Å². The summed E-state index contributed by atoms with van der Waals surface area (Å²) in [5.74, 6) is 0.199. The third kappa shape index (κ3) is 2.83. The average Bonchev–Trinajstić information content (AvgIpc) is 2.46. The number of hydrogen-bond donors (Lipinski definition) is 2. The Morgan fingerprint density at radius 3 is 2.70 bits per heavy atom. The molecule has 1 aromatic carbocycles. The largest absolute Gasteiger partial charge is 0.505 e. The number of hydrogen-bond acceptors (Lipinski definition) is 4. The van der Waals surface area contributed by atoms with Crippen molar-refractivity contribution < 1.29 is 5.11 Å². The highest BCUT2D eigenvalue weighted by atomic mass is 79.9. The Hall–Kier alpha value is -0.690. The Balaban J connectivity index is 1.95. The molecule has 1 saturated heterocycles. The summed E-state index contributed by atoms with van der Waals surface area (Å²) in [6.45, 7) is 4.94. The van der Waals surface area contributed by atoms with Crippen LogP contribution in [0, 0.1) is 0 Å². The monoisotopic (exact) mass is 399 g/mol. The molecule has 0 unspecified atom stereocenters. The van der Waals surface area contributed by atoms with Crippen molar-refractivity contribution in [1.29, 1.82) is 0 Å². The van der Waals surface area contributed by atoms with Crippen LogP contribution in [0.5, 0.6) is 5.75 Å². The summed E-state index contributed by atoms with van der Waals surface area (Å²) in [6.07, 6.45) is 0. The Morgan fingerprint density at radius 1 is 1.20 bits per heavy atom. The molecule has 0 spiro atoms. The van der Waals surface area contributed by atoms with Gasteiger partial charge in [0.25, 0.3) is 0 Å². The van der Waals surface area contributed by atoms with E-state index in [1.54, 1.807) is 0 Å². The molecule has 2 heterocycles. The number of fused-ring (bicyclic) bond motifs is 1. The van der Waals surface area contributed by atoms with Gasteiger partial charge in [-0.15, -0.1) is 0 Å².